The Morgan fingerprint density at radius 3 is 2.96 bits per heavy atom. The first-order valence-electron chi connectivity index (χ1n) is 8.10. The van der Waals surface area contributed by atoms with Crippen LogP contribution >= 0.6 is 0 Å². The summed E-state index contributed by atoms with van der Waals surface area (Å²) < 4.78 is 5.58. The van der Waals surface area contributed by atoms with E-state index in [1.54, 1.807) is 6.07 Å². The number of aromatic nitrogens is 1. The number of rotatable bonds is 3. The summed E-state index contributed by atoms with van der Waals surface area (Å²) in [6, 6.07) is 10.8. The van der Waals surface area contributed by atoms with Crippen LogP contribution in [0.5, 0.6) is 0 Å². The number of hydrogen-bond acceptors (Lipinski definition) is 4. The van der Waals surface area contributed by atoms with Crippen LogP contribution in [0, 0.1) is 6.92 Å². The number of carbonyl (C=O) groups excluding carboxylic acids is 2. The Kier molecular flexibility index (Phi) is 3.53. The average Bonchev–Trinajstić information content (AvgIpc) is 3.15. The number of amides is 2. The maximum atomic E-state index is 12.5. The van der Waals surface area contributed by atoms with Gasteiger partial charge in [0.1, 0.15) is 5.52 Å². The third-order valence-corrected chi connectivity index (χ3v) is 4.34. The summed E-state index contributed by atoms with van der Waals surface area (Å²) in [5, 5.41) is 5.73. The standard InChI is InChI=1S/C19H17N3O3/c1-10-3-6-16-15(20-10)9-17(25-16)19(24)21-11(2)12-4-5-14-13(7-12)8-18(23)22-14/h3-7,9,11H,8H2,1-2H3,(H,21,24)(H,22,23)/t11-/m0/s1. The van der Waals surface area contributed by atoms with Crippen LogP contribution in [0.15, 0.2) is 40.8 Å². The van der Waals surface area contributed by atoms with Gasteiger partial charge in [-0.05, 0) is 43.2 Å². The number of benzene rings is 1. The van der Waals surface area contributed by atoms with E-state index in [1.165, 1.54) is 0 Å². The summed E-state index contributed by atoms with van der Waals surface area (Å²) >= 11 is 0. The first kappa shape index (κ1) is 15.4. The molecule has 3 heterocycles. The van der Waals surface area contributed by atoms with Gasteiger partial charge in [-0.25, -0.2) is 4.98 Å². The predicted molar refractivity (Wildman–Crippen MR) is 93.4 cm³/mol. The number of aryl methyl sites for hydroxylation is 1. The smallest absolute Gasteiger partial charge is 0.287 e. The summed E-state index contributed by atoms with van der Waals surface area (Å²) in [5.41, 5.74) is 4.85. The molecular formula is C19H17N3O3. The number of pyridine rings is 1. The number of furan rings is 1. The molecule has 0 fully saturated rings. The minimum absolute atomic E-state index is 0.00564. The van der Waals surface area contributed by atoms with E-state index in [9.17, 15) is 9.59 Å². The van der Waals surface area contributed by atoms with E-state index in [1.807, 2.05) is 44.2 Å². The van der Waals surface area contributed by atoms with Gasteiger partial charge in [-0.15, -0.1) is 0 Å². The van der Waals surface area contributed by atoms with Gasteiger partial charge in [-0.2, -0.15) is 0 Å². The molecule has 126 valence electrons. The van der Waals surface area contributed by atoms with Crippen molar-refractivity contribution in [3.63, 3.8) is 0 Å². The van der Waals surface area contributed by atoms with Gasteiger partial charge in [0.05, 0.1) is 12.5 Å². The van der Waals surface area contributed by atoms with Crippen LogP contribution in [0.25, 0.3) is 11.1 Å². The molecule has 0 bridgehead atoms. The molecule has 0 radical (unpaired) electrons. The second-order valence-electron chi connectivity index (χ2n) is 6.28. The third-order valence-electron chi connectivity index (χ3n) is 4.34. The lowest BCUT2D eigenvalue weighted by Gasteiger charge is -2.14. The van der Waals surface area contributed by atoms with E-state index in [4.69, 9.17) is 4.42 Å². The molecule has 0 aliphatic carbocycles. The summed E-state index contributed by atoms with van der Waals surface area (Å²) in [6.07, 6.45) is 0.373. The summed E-state index contributed by atoms with van der Waals surface area (Å²) in [7, 11) is 0. The molecule has 2 aromatic heterocycles. The zero-order valence-corrected chi connectivity index (χ0v) is 13.9. The van der Waals surface area contributed by atoms with Crippen LogP contribution in [0.4, 0.5) is 5.69 Å². The Balaban J connectivity index is 1.53. The number of anilines is 1. The summed E-state index contributed by atoms with van der Waals surface area (Å²) in [5.74, 6) is -0.0651. The SMILES string of the molecule is Cc1ccc2oc(C(=O)N[C@@H](C)c3ccc4c(c3)CC(=O)N4)cc2n1. The molecular weight excluding hydrogens is 318 g/mol. The fourth-order valence-electron chi connectivity index (χ4n) is 3.01. The highest BCUT2D eigenvalue weighted by Gasteiger charge is 2.20. The van der Waals surface area contributed by atoms with Gasteiger partial charge in [0.25, 0.3) is 5.91 Å². The lowest BCUT2D eigenvalue weighted by molar-refractivity contribution is -0.115. The molecule has 1 aromatic carbocycles. The van der Waals surface area contributed by atoms with E-state index >= 15 is 0 Å². The molecule has 25 heavy (non-hydrogen) atoms. The van der Waals surface area contributed by atoms with E-state index in [2.05, 4.69) is 15.6 Å². The van der Waals surface area contributed by atoms with E-state index < -0.39 is 0 Å². The Bertz CT molecular complexity index is 1010. The Morgan fingerprint density at radius 1 is 1.28 bits per heavy atom. The molecule has 1 aliphatic heterocycles. The average molecular weight is 335 g/mol. The predicted octanol–water partition coefficient (Wildman–Crippen LogP) is 3.12. The van der Waals surface area contributed by atoms with Crippen LogP contribution in [-0.4, -0.2) is 16.8 Å². The molecule has 2 N–H and O–H groups in total. The van der Waals surface area contributed by atoms with E-state index in [0.717, 1.165) is 22.5 Å². The molecule has 0 saturated carbocycles. The highest BCUT2D eigenvalue weighted by molar-refractivity contribution is 5.99. The zero-order valence-electron chi connectivity index (χ0n) is 13.9. The van der Waals surface area contributed by atoms with Crippen LogP contribution < -0.4 is 10.6 Å². The minimum Gasteiger partial charge on any atom is -0.449 e. The number of fused-ring (bicyclic) bond motifs is 2. The minimum atomic E-state index is -0.294. The van der Waals surface area contributed by atoms with Crippen molar-refractivity contribution in [2.45, 2.75) is 26.3 Å². The van der Waals surface area contributed by atoms with Gasteiger partial charge in [0.2, 0.25) is 5.91 Å². The first-order chi connectivity index (χ1) is 12.0. The largest absolute Gasteiger partial charge is 0.449 e. The van der Waals surface area contributed by atoms with Crippen molar-refractivity contribution in [3.05, 3.63) is 59.0 Å². The van der Waals surface area contributed by atoms with E-state index in [0.29, 0.717) is 17.5 Å². The molecule has 0 spiro atoms. The molecule has 0 unspecified atom stereocenters. The number of nitrogens with zero attached hydrogens (tertiary/aromatic N) is 1. The second kappa shape index (κ2) is 5.73. The molecule has 6 heteroatoms. The molecule has 6 nitrogen and oxygen atoms in total. The zero-order chi connectivity index (χ0) is 17.6. The second-order valence-corrected chi connectivity index (χ2v) is 6.28. The van der Waals surface area contributed by atoms with Crippen molar-refractivity contribution in [1.29, 1.82) is 0 Å². The Labute approximate surface area is 144 Å². The highest BCUT2D eigenvalue weighted by Crippen LogP contribution is 2.26. The van der Waals surface area contributed by atoms with Gasteiger partial charge >= 0.3 is 0 Å². The molecule has 4 rings (SSSR count). The molecule has 0 saturated heterocycles. The number of hydrogen-bond donors (Lipinski definition) is 2. The fraction of sp³-hybridized carbons (Fsp3) is 0.211. The first-order valence-corrected chi connectivity index (χ1v) is 8.10. The van der Waals surface area contributed by atoms with Gasteiger partial charge in [-0.3, -0.25) is 9.59 Å². The topological polar surface area (TPSA) is 84.2 Å². The van der Waals surface area contributed by atoms with Crippen LogP contribution in [-0.2, 0) is 11.2 Å². The normalized spacial score (nSPS) is 14.2. The van der Waals surface area contributed by atoms with Crippen molar-refractivity contribution in [2.24, 2.45) is 0 Å². The molecule has 2 amide bonds. The van der Waals surface area contributed by atoms with Gasteiger partial charge in [0, 0.05) is 17.4 Å². The highest BCUT2D eigenvalue weighted by atomic mass is 16.3. The fourth-order valence-corrected chi connectivity index (χ4v) is 3.01. The monoisotopic (exact) mass is 335 g/mol. The van der Waals surface area contributed by atoms with Crippen LogP contribution in [0.2, 0.25) is 0 Å². The maximum absolute atomic E-state index is 12.5. The molecule has 3 aromatic rings. The van der Waals surface area contributed by atoms with Crippen molar-refractivity contribution in [2.75, 3.05) is 5.32 Å². The van der Waals surface area contributed by atoms with Crippen molar-refractivity contribution in [1.82, 2.24) is 10.3 Å². The third kappa shape index (κ3) is 2.87. The van der Waals surface area contributed by atoms with Gasteiger partial charge in [-0.1, -0.05) is 12.1 Å². The lowest BCUT2D eigenvalue weighted by atomic mass is 10.0. The molecule has 1 atom stereocenters. The quantitative estimate of drug-likeness (QED) is 0.770. The number of carbonyl (C=O) groups is 2. The van der Waals surface area contributed by atoms with Crippen LogP contribution in [0.3, 0.4) is 0 Å². The number of nitrogens with one attached hydrogen (secondary N) is 2. The van der Waals surface area contributed by atoms with Crippen LogP contribution in [0.1, 0.15) is 40.3 Å². The Hall–Kier alpha value is -3.15. The van der Waals surface area contributed by atoms with Gasteiger partial charge in [0.15, 0.2) is 11.3 Å². The van der Waals surface area contributed by atoms with Gasteiger partial charge < -0.3 is 15.1 Å². The summed E-state index contributed by atoms with van der Waals surface area (Å²) in [6.45, 7) is 3.79. The summed E-state index contributed by atoms with van der Waals surface area (Å²) in [4.78, 5) is 28.3. The lowest BCUT2D eigenvalue weighted by Crippen LogP contribution is -2.26. The van der Waals surface area contributed by atoms with E-state index in [-0.39, 0.29) is 23.6 Å². The van der Waals surface area contributed by atoms with Crippen molar-refractivity contribution >= 4 is 28.6 Å². The Morgan fingerprint density at radius 2 is 2.12 bits per heavy atom. The van der Waals surface area contributed by atoms with Crippen molar-refractivity contribution in [3.8, 4) is 0 Å². The van der Waals surface area contributed by atoms with Crippen molar-refractivity contribution < 1.29 is 14.0 Å². The molecule has 1 aliphatic rings. The maximum Gasteiger partial charge on any atom is 0.287 e.